The van der Waals surface area contributed by atoms with Gasteiger partial charge in [0.15, 0.2) is 0 Å². The molecule has 1 N–H and O–H groups in total. The quantitative estimate of drug-likeness (QED) is 0.288. The van der Waals surface area contributed by atoms with Crippen molar-refractivity contribution in [1.82, 2.24) is 5.32 Å². The molecule has 0 saturated carbocycles. The van der Waals surface area contributed by atoms with E-state index < -0.39 is 10.8 Å². The third-order valence-corrected chi connectivity index (χ3v) is 3.32. The largest absolute Gasteiger partial charge is 0.347 e. The molecule has 124 valence electrons. The zero-order valence-corrected chi connectivity index (χ0v) is 13.3. The summed E-state index contributed by atoms with van der Waals surface area (Å²) in [5.74, 6) is -0.459. The number of benzene rings is 2. The zero-order valence-electron chi connectivity index (χ0n) is 13.3. The number of nitro groups is 1. The van der Waals surface area contributed by atoms with Gasteiger partial charge in [0.05, 0.1) is 4.92 Å². The van der Waals surface area contributed by atoms with Gasteiger partial charge < -0.3 is 5.32 Å². The van der Waals surface area contributed by atoms with Crippen LogP contribution in [0.15, 0.2) is 72.3 Å². The smallest absolute Gasteiger partial charge is 0.269 e. The summed E-state index contributed by atoms with van der Waals surface area (Å²) in [6, 6.07) is 17.2. The highest BCUT2D eigenvalue weighted by Gasteiger charge is 2.07. The first-order valence-corrected chi connectivity index (χ1v) is 7.45. The highest BCUT2D eigenvalue weighted by molar-refractivity contribution is 5.97. The Morgan fingerprint density at radius 1 is 1.16 bits per heavy atom. The minimum Gasteiger partial charge on any atom is -0.347 e. The number of nitrogens with one attached hydrogen (secondary N) is 1. The SMILES string of the molecule is N#CC(=CC=Cc1ccc([N+](=O)[O-])cc1)C(=O)NCc1ccccc1. The highest BCUT2D eigenvalue weighted by Crippen LogP contribution is 2.13. The van der Waals surface area contributed by atoms with Gasteiger partial charge in [0.2, 0.25) is 0 Å². The molecule has 0 atom stereocenters. The maximum absolute atomic E-state index is 12.0. The van der Waals surface area contributed by atoms with Gasteiger partial charge in [0.1, 0.15) is 11.6 Å². The lowest BCUT2D eigenvalue weighted by Crippen LogP contribution is -2.23. The second-order valence-electron chi connectivity index (χ2n) is 5.07. The number of nitriles is 1. The molecule has 6 nitrogen and oxygen atoms in total. The van der Waals surface area contributed by atoms with Crippen molar-refractivity contribution in [3.63, 3.8) is 0 Å². The number of carbonyl (C=O) groups excluding carboxylic acids is 1. The van der Waals surface area contributed by atoms with E-state index in [2.05, 4.69) is 5.32 Å². The standard InChI is InChI=1S/C19H15N3O3/c20-13-17(19(23)21-14-16-5-2-1-3-6-16)8-4-7-15-9-11-18(12-10-15)22(24)25/h1-12H,14H2,(H,21,23). The van der Waals surface area contributed by atoms with Crippen LogP contribution in [0.3, 0.4) is 0 Å². The number of hydrogen-bond acceptors (Lipinski definition) is 4. The Kier molecular flexibility index (Phi) is 6.20. The van der Waals surface area contributed by atoms with E-state index in [1.165, 1.54) is 18.2 Å². The molecule has 25 heavy (non-hydrogen) atoms. The Bertz CT molecular complexity index is 848. The van der Waals surface area contributed by atoms with E-state index in [4.69, 9.17) is 5.26 Å². The fourth-order valence-corrected chi connectivity index (χ4v) is 2.00. The van der Waals surface area contributed by atoms with Gasteiger partial charge in [-0.15, -0.1) is 0 Å². The van der Waals surface area contributed by atoms with Crippen molar-refractivity contribution in [3.05, 3.63) is 93.6 Å². The van der Waals surface area contributed by atoms with E-state index in [-0.39, 0.29) is 11.3 Å². The van der Waals surface area contributed by atoms with Gasteiger partial charge in [-0.25, -0.2) is 0 Å². The molecule has 0 spiro atoms. The summed E-state index contributed by atoms with van der Waals surface area (Å²) in [7, 11) is 0. The van der Waals surface area contributed by atoms with Crippen LogP contribution in [-0.2, 0) is 11.3 Å². The van der Waals surface area contributed by atoms with Crippen molar-refractivity contribution < 1.29 is 9.72 Å². The second kappa shape index (κ2) is 8.79. The predicted molar refractivity (Wildman–Crippen MR) is 94.1 cm³/mol. The molecule has 2 aromatic rings. The van der Waals surface area contributed by atoms with Crippen LogP contribution in [0, 0.1) is 21.4 Å². The summed E-state index contributed by atoms with van der Waals surface area (Å²) < 4.78 is 0. The third kappa shape index (κ3) is 5.44. The molecule has 0 fully saturated rings. The second-order valence-corrected chi connectivity index (χ2v) is 5.07. The van der Waals surface area contributed by atoms with Crippen LogP contribution in [0.2, 0.25) is 0 Å². The molecule has 0 aliphatic carbocycles. The van der Waals surface area contributed by atoms with Crippen molar-refractivity contribution in [2.45, 2.75) is 6.54 Å². The highest BCUT2D eigenvalue weighted by atomic mass is 16.6. The molecule has 0 bridgehead atoms. The van der Waals surface area contributed by atoms with Gasteiger partial charge in [0.25, 0.3) is 11.6 Å². The van der Waals surface area contributed by atoms with Gasteiger partial charge in [-0.3, -0.25) is 14.9 Å². The first-order chi connectivity index (χ1) is 12.1. The number of nitro benzene ring substituents is 1. The minimum atomic E-state index is -0.474. The van der Waals surface area contributed by atoms with Gasteiger partial charge in [-0.05, 0) is 29.3 Å². The van der Waals surface area contributed by atoms with Crippen LogP contribution in [0.4, 0.5) is 5.69 Å². The Balaban J connectivity index is 1.98. The summed E-state index contributed by atoms with van der Waals surface area (Å²) >= 11 is 0. The third-order valence-electron chi connectivity index (χ3n) is 3.32. The molecule has 0 aliphatic heterocycles. The van der Waals surface area contributed by atoms with Crippen molar-refractivity contribution in [3.8, 4) is 6.07 Å². The fraction of sp³-hybridized carbons (Fsp3) is 0.0526. The Labute approximate surface area is 144 Å². The number of hydrogen-bond donors (Lipinski definition) is 1. The minimum absolute atomic E-state index is 0.00527. The predicted octanol–water partition coefficient (Wildman–Crippen LogP) is 3.37. The van der Waals surface area contributed by atoms with Gasteiger partial charge >= 0.3 is 0 Å². The zero-order chi connectivity index (χ0) is 18.1. The fourth-order valence-electron chi connectivity index (χ4n) is 2.00. The Hall–Kier alpha value is -3.72. The van der Waals surface area contributed by atoms with Gasteiger partial charge in [0, 0.05) is 18.7 Å². The lowest BCUT2D eigenvalue weighted by atomic mass is 10.1. The maximum Gasteiger partial charge on any atom is 0.269 e. The monoisotopic (exact) mass is 333 g/mol. The van der Waals surface area contributed by atoms with Crippen LogP contribution >= 0.6 is 0 Å². The van der Waals surface area contributed by atoms with Crippen LogP contribution in [0.5, 0.6) is 0 Å². The number of allylic oxidation sites excluding steroid dienone is 2. The van der Waals surface area contributed by atoms with Gasteiger partial charge in [-0.1, -0.05) is 42.5 Å². The van der Waals surface area contributed by atoms with Crippen molar-refractivity contribution in [2.24, 2.45) is 0 Å². The molecular weight excluding hydrogens is 318 g/mol. The van der Waals surface area contributed by atoms with Crippen LogP contribution in [-0.4, -0.2) is 10.8 Å². The molecule has 0 saturated heterocycles. The van der Waals surface area contributed by atoms with E-state index in [0.29, 0.717) is 6.54 Å². The van der Waals surface area contributed by atoms with E-state index in [1.54, 1.807) is 24.3 Å². The van der Waals surface area contributed by atoms with E-state index in [0.717, 1.165) is 11.1 Å². The van der Waals surface area contributed by atoms with Crippen LogP contribution in [0.25, 0.3) is 6.08 Å². The summed E-state index contributed by atoms with van der Waals surface area (Å²) in [6.45, 7) is 0.338. The number of rotatable bonds is 6. The topological polar surface area (TPSA) is 96.0 Å². The molecule has 2 rings (SSSR count). The number of amides is 1. The molecule has 0 heterocycles. The first-order valence-electron chi connectivity index (χ1n) is 7.45. The van der Waals surface area contributed by atoms with Crippen LogP contribution < -0.4 is 5.32 Å². The first kappa shape index (κ1) is 17.6. The molecule has 0 aliphatic rings. The van der Waals surface area contributed by atoms with Crippen molar-refractivity contribution in [2.75, 3.05) is 0 Å². The molecule has 0 aromatic heterocycles. The molecule has 1 amide bonds. The summed E-state index contributed by atoms with van der Waals surface area (Å²) in [4.78, 5) is 22.1. The average molecular weight is 333 g/mol. The van der Waals surface area contributed by atoms with E-state index in [1.807, 2.05) is 36.4 Å². The average Bonchev–Trinajstić information content (AvgIpc) is 2.64. The normalized spacial score (nSPS) is 11.1. The molecular formula is C19H15N3O3. The molecule has 6 heteroatoms. The summed E-state index contributed by atoms with van der Waals surface area (Å²) in [6.07, 6.45) is 4.62. The lowest BCUT2D eigenvalue weighted by molar-refractivity contribution is -0.384. The molecule has 2 aromatic carbocycles. The van der Waals surface area contributed by atoms with Crippen molar-refractivity contribution in [1.29, 1.82) is 5.26 Å². The van der Waals surface area contributed by atoms with Crippen molar-refractivity contribution >= 4 is 17.7 Å². The van der Waals surface area contributed by atoms with E-state index in [9.17, 15) is 14.9 Å². The van der Waals surface area contributed by atoms with Gasteiger partial charge in [-0.2, -0.15) is 5.26 Å². The number of nitrogens with zero attached hydrogens (tertiary/aromatic N) is 2. The maximum atomic E-state index is 12.0. The molecule has 0 unspecified atom stereocenters. The number of carbonyl (C=O) groups is 1. The number of non-ortho nitro benzene ring substituents is 1. The Morgan fingerprint density at radius 3 is 2.44 bits per heavy atom. The summed E-state index contributed by atoms with van der Waals surface area (Å²) in [5, 5.41) is 22.4. The molecule has 0 radical (unpaired) electrons. The lowest BCUT2D eigenvalue weighted by Gasteiger charge is -2.03. The van der Waals surface area contributed by atoms with E-state index >= 15 is 0 Å². The Morgan fingerprint density at radius 2 is 1.84 bits per heavy atom. The summed E-state index contributed by atoms with van der Waals surface area (Å²) in [5.41, 5.74) is 1.65. The van der Waals surface area contributed by atoms with Crippen LogP contribution in [0.1, 0.15) is 11.1 Å².